The molecular formula is C25H30N3O3+. The van der Waals surface area contributed by atoms with Crippen LogP contribution < -0.4 is 4.90 Å². The number of likely N-dealkylation sites (N-methyl/N-ethyl adjacent to an activating group) is 1. The summed E-state index contributed by atoms with van der Waals surface area (Å²) >= 11 is 0. The molecule has 6 heteroatoms. The van der Waals surface area contributed by atoms with Crippen molar-refractivity contribution in [2.24, 2.45) is 0 Å². The van der Waals surface area contributed by atoms with Gasteiger partial charge < -0.3 is 19.1 Å². The number of carbonyl (C=O) groups excluding carboxylic acids is 2. The van der Waals surface area contributed by atoms with Crippen molar-refractivity contribution in [2.75, 3.05) is 39.8 Å². The van der Waals surface area contributed by atoms with Gasteiger partial charge in [0.05, 0.1) is 32.7 Å². The Morgan fingerprint density at radius 2 is 1.81 bits per heavy atom. The van der Waals surface area contributed by atoms with Crippen molar-refractivity contribution in [3.63, 3.8) is 0 Å². The van der Waals surface area contributed by atoms with Gasteiger partial charge in [-0.3, -0.25) is 9.59 Å². The molecule has 6 nitrogen and oxygen atoms in total. The van der Waals surface area contributed by atoms with Gasteiger partial charge in [0, 0.05) is 23.6 Å². The zero-order valence-electron chi connectivity index (χ0n) is 18.5. The summed E-state index contributed by atoms with van der Waals surface area (Å²) in [7, 11) is 1.66. The van der Waals surface area contributed by atoms with E-state index in [1.54, 1.807) is 7.05 Å². The molecule has 0 spiro atoms. The summed E-state index contributed by atoms with van der Waals surface area (Å²) in [6.45, 7) is 8.29. The van der Waals surface area contributed by atoms with Crippen molar-refractivity contribution >= 4 is 22.8 Å². The van der Waals surface area contributed by atoms with Crippen LogP contribution in [0.5, 0.6) is 0 Å². The second-order valence-corrected chi connectivity index (χ2v) is 8.51. The van der Waals surface area contributed by atoms with E-state index in [0.717, 1.165) is 30.6 Å². The summed E-state index contributed by atoms with van der Waals surface area (Å²) in [5, 5.41) is 0.929. The molecule has 0 unspecified atom stereocenters. The van der Waals surface area contributed by atoms with Crippen LogP contribution >= 0.6 is 0 Å². The van der Waals surface area contributed by atoms with E-state index < -0.39 is 0 Å². The summed E-state index contributed by atoms with van der Waals surface area (Å²) in [6.07, 6.45) is 0. The molecule has 3 aromatic rings. The lowest BCUT2D eigenvalue weighted by molar-refractivity contribution is -0.917. The van der Waals surface area contributed by atoms with Crippen LogP contribution in [-0.2, 0) is 11.3 Å². The molecule has 2 amide bonds. The van der Waals surface area contributed by atoms with E-state index in [1.165, 1.54) is 20.9 Å². The molecule has 1 aliphatic rings. The van der Waals surface area contributed by atoms with E-state index in [2.05, 4.69) is 31.2 Å². The molecule has 162 valence electrons. The van der Waals surface area contributed by atoms with Crippen LogP contribution in [0.1, 0.15) is 27.2 Å². The van der Waals surface area contributed by atoms with Gasteiger partial charge in [-0.1, -0.05) is 48.0 Å². The molecule has 0 bridgehead atoms. The first-order valence-electron chi connectivity index (χ1n) is 10.8. The van der Waals surface area contributed by atoms with E-state index >= 15 is 0 Å². The van der Waals surface area contributed by atoms with Gasteiger partial charge in [0.1, 0.15) is 12.1 Å². The number of piperazine rings is 1. The number of quaternary nitrogens is 1. The monoisotopic (exact) mass is 420 g/mol. The summed E-state index contributed by atoms with van der Waals surface area (Å²) < 4.78 is 5.77. The van der Waals surface area contributed by atoms with Gasteiger partial charge in [0.15, 0.2) is 5.76 Å². The minimum atomic E-state index is -0.259. The van der Waals surface area contributed by atoms with E-state index in [9.17, 15) is 9.59 Å². The number of hydrogen-bond donors (Lipinski definition) is 1. The Morgan fingerprint density at radius 3 is 2.52 bits per heavy atom. The third kappa shape index (κ3) is 4.64. The topological polar surface area (TPSA) is 58.2 Å². The molecule has 2 heterocycles. The minimum absolute atomic E-state index is 0.0146. The number of fused-ring (bicyclic) bond motifs is 1. The number of para-hydroxylation sites is 1. The van der Waals surface area contributed by atoms with Crippen LogP contribution in [0.4, 0.5) is 0 Å². The number of rotatable bonds is 5. The van der Waals surface area contributed by atoms with Crippen LogP contribution in [0, 0.1) is 13.8 Å². The van der Waals surface area contributed by atoms with E-state index in [-0.39, 0.29) is 18.4 Å². The molecule has 1 N–H and O–H groups in total. The van der Waals surface area contributed by atoms with Gasteiger partial charge in [0.25, 0.3) is 5.91 Å². The maximum absolute atomic E-state index is 12.9. The molecule has 0 atom stereocenters. The highest BCUT2D eigenvalue weighted by atomic mass is 16.3. The Bertz CT molecular complexity index is 1100. The van der Waals surface area contributed by atoms with Gasteiger partial charge >= 0.3 is 0 Å². The summed E-state index contributed by atoms with van der Waals surface area (Å²) in [4.78, 5) is 30.5. The number of benzene rings is 2. The standard InChI is InChI=1S/C25H29N3O3/c1-18-7-6-8-20(15-18)16-27-11-13-28(14-12-27)23(29)17-26(3)25(30)24-19(2)21-9-4-5-10-22(21)31-24/h4-10,15H,11-14,16-17H2,1-3H3/p+1. The number of nitrogens with one attached hydrogen (secondary N) is 1. The van der Waals surface area contributed by atoms with Gasteiger partial charge in [-0.2, -0.15) is 0 Å². The third-order valence-corrected chi connectivity index (χ3v) is 6.12. The first-order valence-corrected chi connectivity index (χ1v) is 10.8. The number of hydrogen-bond acceptors (Lipinski definition) is 3. The molecule has 1 aliphatic heterocycles. The van der Waals surface area contributed by atoms with E-state index in [4.69, 9.17) is 4.42 Å². The first kappa shape index (κ1) is 21.1. The molecule has 1 aromatic heterocycles. The summed E-state index contributed by atoms with van der Waals surface area (Å²) in [6, 6.07) is 16.2. The molecule has 1 fully saturated rings. The Kier molecular flexibility index (Phi) is 6.09. The van der Waals surface area contributed by atoms with Crippen LogP contribution in [0.25, 0.3) is 11.0 Å². The molecular weight excluding hydrogens is 390 g/mol. The number of amides is 2. The van der Waals surface area contributed by atoms with Gasteiger partial charge in [-0.15, -0.1) is 0 Å². The number of furan rings is 1. The average molecular weight is 421 g/mol. The summed E-state index contributed by atoms with van der Waals surface area (Å²) in [5.74, 6) is 0.0360. The van der Waals surface area contributed by atoms with Crippen molar-refractivity contribution in [2.45, 2.75) is 20.4 Å². The maximum atomic E-state index is 12.9. The zero-order chi connectivity index (χ0) is 22.0. The fraction of sp³-hybridized carbons (Fsp3) is 0.360. The SMILES string of the molecule is Cc1cccc(C[NH+]2CCN(C(=O)CN(C)C(=O)c3oc4ccccc4c3C)CC2)c1. The van der Waals surface area contributed by atoms with Crippen LogP contribution in [0.15, 0.2) is 52.9 Å². The predicted octanol–water partition coefficient (Wildman–Crippen LogP) is 2.05. The predicted molar refractivity (Wildman–Crippen MR) is 120 cm³/mol. The molecule has 0 radical (unpaired) electrons. The highest BCUT2D eigenvalue weighted by Crippen LogP contribution is 2.25. The van der Waals surface area contributed by atoms with Gasteiger partial charge in [-0.05, 0) is 19.9 Å². The maximum Gasteiger partial charge on any atom is 0.290 e. The lowest BCUT2D eigenvalue weighted by Crippen LogP contribution is -3.13. The second-order valence-electron chi connectivity index (χ2n) is 8.51. The van der Waals surface area contributed by atoms with Crippen molar-refractivity contribution in [3.8, 4) is 0 Å². The Morgan fingerprint density at radius 1 is 1.06 bits per heavy atom. The number of nitrogens with zero attached hydrogens (tertiary/aromatic N) is 2. The largest absolute Gasteiger partial charge is 0.451 e. The highest BCUT2D eigenvalue weighted by Gasteiger charge is 2.27. The smallest absolute Gasteiger partial charge is 0.290 e. The van der Waals surface area contributed by atoms with Crippen LogP contribution in [-0.4, -0.2) is 61.4 Å². The van der Waals surface area contributed by atoms with E-state index in [1.807, 2.05) is 36.1 Å². The molecule has 2 aromatic carbocycles. The zero-order valence-corrected chi connectivity index (χ0v) is 18.5. The van der Waals surface area contributed by atoms with Crippen LogP contribution in [0.2, 0.25) is 0 Å². The fourth-order valence-corrected chi connectivity index (χ4v) is 4.29. The van der Waals surface area contributed by atoms with Gasteiger partial charge in [-0.25, -0.2) is 0 Å². The van der Waals surface area contributed by atoms with Crippen molar-refractivity contribution < 1.29 is 18.9 Å². The lowest BCUT2D eigenvalue weighted by Gasteiger charge is -2.33. The average Bonchev–Trinajstić information content (AvgIpc) is 3.10. The van der Waals surface area contributed by atoms with Gasteiger partial charge in [0.2, 0.25) is 5.91 Å². The van der Waals surface area contributed by atoms with Crippen LogP contribution in [0.3, 0.4) is 0 Å². The minimum Gasteiger partial charge on any atom is -0.451 e. The Balaban J connectivity index is 1.32. The first-order chi connectivity index (χ1) is 14.9. The highest BCUT2D eigenvalue weighted by molar-refractivity contribution is 6.00. The second kappa shape index (κ2) is 8.94. The molecule has 4 rings (SSSR count). The quantitative estimate of drug-likeness (QED) is 0.687. The van der Waals surface area contributed by atoms with Crippen molar-refractivity contribution in [3.05, 3.63) is 71.0 Å². The fourth-order valence-electron chi connectivity index (χ4n) is 4.29. The van der Waals surface area contributed by atoms with Crippen molar-refractivity contribution in [1.82, 2.24) is 9.80 Å². The molecule has 0 aliphatic carbocycles. The third-order valence-electron chi connectivity index (χ3n) is 6.12. The van der Waals surface area contributed by atoms with Crippen molar-refractivity contribution in [1.29, 1.82) is 0 Å². The molecule has 31 heavy (non-hydrogen) atoms. The Hall–Kier alpha value is -3.12. The lowest BCUT2D eigenvalue weighted by atomic mass is 10.1. The summed E-state index contributed by atoms with van der Waals surface area (Å²) in [5.41, 5.74) is 4.11. The molecule has 0 saturated carbocycles. The number of carbonyl (C=O) groups is 2. The Labute approximate surface area is 183 Å². The number of aryl methyl sites for hydroxylation is 2. The van der Waals surface area contributed by atoms with E-state index in [0.29, 0.717) is 24.4 Å². The normalized spacial score (nSPS) is 14.7. The molecule has 1 saturated heterocycles.